The summed E-state index contributed by atoms with van der Waals surface area (Å²) in [6.07, 6.45) is 3.88. The second kappa shape index (κ2) is 7.66. The van der Waals surface area contributed by atoms with E-state index in [1.54, 1.807) is 6.07 Å². The van der Waals surface area contributed by atoms with Crippen molar-refractivity contribution < 1.29 is 13.9 Å². The predicted octanol–water partition coefficient (Wildman–Crippen LogP) is 5.84. The number of benzene rings is 2. The largest absolute Gasteiger partial charge is 0.461 e. The molecule has 29 heavy (non-hydrogen) atoms. The van der Waals surface area contributed by atoms with Gasteiger partial charge in [0.1, 0.15) is 12.2 Å². The average molecular weight is 392 g/mol. The monoisotopic (exact) mass is 392 g/mol. The van der Waals surface area contributed by atoms with Crippen LogP contribution in [0.5, 0.6) is 0 Å². The van der Waals surface area contributed by atoms with E-state index in [4.69, 9.17) is 9.15 Å². The molecule has 0 unspecified atom stereocenters. The number of hydrogen-bond acceptors (Lipinski definition) is 4. The van der Waals surface area contributed by atoms with Gasteiger partial charge in [0.05, 0.1) is 5.92 Å². The fourth-order valence-electron chi connectivity index (χ4n) is 4.60. The molecule has 0 aliphatic heterocycles. The Kier molecular flexibility index (Phi) is 5.20. The molecular weight excluding hydrogens is 364 g/mol. The highest BCUT2D eigenvalue weighted by molar-refractivity contribution is 6.07. The summed E-state index contributed by atoms with van der Waals surface area (Å²) in [6, 6.07) is 13.1. The molecule has 1 aliphatic rings. The molecule has 0 saturated heterocycles. The van der Waals surface area contributed by atoms with Crippen molar-refractivity contribution >= 4 is 27.7 Å². The molecule has 1 saturated carbocycles. The van der Waals surface area contributed by atoms with Crippen LogP contribution in [0.15, 0.2) is 51.7 Å². The van der Waals surface area contributed by atoms with Gasteiger partial charge in [-0.1, -0.05) is 51.1 Å². The third kappa shape index (κ3) is 4.07. The van der Waals surface area contributed by atoms with Crippen LogP contribution in [0.3, 0.4) is 0 Å². The van der Waals surface area contributed by atoms with Crippen LogP contribution in [0.4, 0.5) is 0 Å². The van der Waals surface area contributed by atoms with E-state index in [1.165, 1.54) is 6.07 Å². The maximum absolute atomic E-state index is 12.7. The van der Waals surface area contributed by atoms with Crippen LogP contribution in [0.1, 0.15) is 52.0 Å². The first kappa shape index (κ1) is 19.7. The molecule has 4 nitrogen and oxygen atoms in total. The van der Waals surface area contributed by atoms with Crippen LogP contribution in [-0.2, 0) is 16.1 Å². The van der Waals surface area contributed by atoms with E-state index in [-0.39, 0.29) is 23.9 Å². The summed E-state index contributed by atoms with van der Waals surface area (Å²) in [5, 5.41) is 2.89. The maximum atomic E-state index is 12.7. The van der Waals surface area contributed by atoms with E-state index in [1.807, 2.05) is 30.3 Å². The Hall–Kier alpha value is -2.62. The Balaban J connectivity index is 1.54. The van der Waals surface area contributed by atoms with E-state index < -0.39 is 5.63 Å². The highest BCUT2D eigenvalue weighted by Crippen LogP contribution is 2.40. The van der Waals surface area contributed by atoms with Gasteiger partial charge in [-0.2, -0.15) is 0 Å². The maximum Gasteiger partial charge on any atom is 0.336 e. The number of esters is 1. The van der Waals surface area contributed by atoms with Crippen molar-refractivity contribution in [2.75, 3.05) is 0 Å². The number of carbonyl (C=O) groups excluding carboxylic acids is 1. The molecule has 4 heteroatoms. The summed E-state index contributed by atoms with van der Waals surface area (Å²) in [7, 11) is 0. The quantitative estimate of drug-likeness (QED) is 0.319. The summed E-state index contributed by atoms with van der Waals surface area (Å²) in [5.41, 5.74) is 1.08. The van der Waals surface area contributed by atoms with Gasteiger partial charge in [-0.05, 0) is 53.9 Å². The van der Waals surface area contributed by atoms with Crippen molar-refractivity contribution in [1.82, 2.24) is 0 Å². The summed E-state index contributed by atoms with van der Waals surface area (Å²) < 4.78 is 11.1. The van der Waals surface area contributed by atoms with Gasteiger partial charge < -0.3 is 9.15 Å². The summed E-state index contributed by atoms with van der Waals surface area (Å²) >= 11 is 0. The minimum Gasteiger partial charge on any atom is -0.461 e. The molecule has 1 aliphatic carbocycles. The lowest BCUT2D eigenvalue weighted by Crippen LogP contribution is -2.29. The van der Waals surface area contributed by atoms with Gasteiger partial charge >= 0.3 is 11.6 Å². The highest BCUT2D eigenvalue weighted by atomic mass is 16.5. The normalized spacial score (nSPS) is 20.1. The first-order chi connectivity index (χ1) is 13.8. The van der Waals surface area contributed by atoms with E-state index >= 15 is 0 Å². The zero-order valence-electron chi connectivity index (χ0n) is 17.4. The third-order valence-electron chi connectivity index (χ3n) is 6.37. The fraction of sp³-hybridized carbons (Fsp3) is 0.440. The Bertz CT molecular complexity index is 1100. The molecule has 0 amide bonds. The minimum absolute atomic E-state index is 0.0447. The molecule has 152 valence electrons. The van der Waals surface area contributed by atoms with Crippen molar-refractivity contribution in [2.45, 2.75) is 53.1 Å². The predicted molar refractivity (Wildman–Crippen MR) is 115 cm³/mol. The molecule has 0 spiro atoms. The lowest BCUT2D eigenvalue weighted by atomic mass is 9.70. The topological polar surface area (TPSA) is 56.5 Å². The van der Waals surface area contributed by atoms with Crippen LogP contribution in [0.2, 0.25) is 0 Å². The van der Waals surface area contributed by atoms with E-state index in [2.05, 4.69) is 20.8 Å². The zero-order valence-corrected chi connectivity index (χ0v) is 17.4. The van der Waals surface area contributed by atoms with Crippen molar-refractivity contribution in [3.8, 4) is 0 Å². The fourth-order valence-corrected chi connectivity index (χ4v) is 4.60. The SMILES string of the molecule is CC(C)(C)C1CCC(C(=O)OCc2cc(=O)oc3ccc4ccccc4c23)CC1. The minimum atomic E-state index is -0.426. The van der Waals surface area contributed by atoms with Gasteiger partial charge in [-0.25, -0.2) is 4.79 Å². The molecule has 0 N–H and O–H groups in total. The Morgan fingerprint density at radius 1 is 1.07 bits per heavy atom. The number of ether oxygens (including phenoxy) is 1. The third-order valence-corrected chi connectivity index (χ3v) is 6.37. The van der Waals surface area contributed by atoms with Gasteiger partial charge in [0.15, 0.2) is 0 Å². The van der Waals surface area contributed by atoms with Crippen LogP contribution in [-0.4, -0.2) is 5.97 Å². The van der Waals surface area contributed by atoms with E-state index in [9.17, 15) is 9.59 Å². The first-order valence-electron chi connectivity index (χ1n) is 10.4. The van der Waals surface area contributed by atoms with Gasteiger partial charge in [0, 0.05) is 17.0 Å². The highest BCUT2D eigenvalue weighted by Gasteiger charge is 2.33. The Morgan fingerprint density at radius 2 is 1.79 bits per heavy atom. The number of rotatable bonds is 3. The zero-order chi connectivity index (χ0) is 20.6. The molecule has 3 aromatic rings. The first-order valence-corrected chi connectivity index (χ1v) is 10.4. The van der Waals surface area contributed by atoms with Crippen molar-refractivity contribution in [3.63, 3.8) is 0 Å². The van der Waals surface area contributed by atoms with Crippen molar-refractivity contribution in [2.24, 2.45) is 17.3 Å². The molecule has 0 atom stereocenters. The van der Waals surface area contributed by atoms with E-state index in [0.717, 1.165) is 41.8 Å². The second-order valence-corrected chi connectivity index (χ2v) is 9.27. The lowest BCUT2D eigenvalue weighted by Gasteiger charge is -2.36. The van der Waals surface area contributed by atoms with Gasteiger partial charge in [-0.15, -0.1) is 0 Å². The van der Waals surface area contributed by atoms with Crippen molar-refractivity contribution in [3.05, 3.63) is 58.4 Å². The molecule has 0 radical (unpaired) electrons. The molecular formula is C25H28O4. The van der Waals surface area contributed by atoms with Gasteiger partial charge in [0.25, 0.3) is 0 Å². The molecule has 2 aromatic carbocycles. The molecule has 1 heterocycles. The molecule has 1 fully saturated rings. The van der Waals surface area contributed by atoms with Crippen molar-refractivity contribution in [1.29, 1.82) is 0 Å². The molecule has 1 aromatic heterocycles. The Labute approximate surface area is 170 Å². The lowest BCUT2D eigenvalue weighted by molar-refractivity contribution is -0.151. The van der Waals surface area contributed by atoms with E-state index in [0.29, 0.717) is 17.1 Å². The molecule has 4 rings (SSSR count). The van der Waals surface area contributed by atoms with Gasteiger partial charge in [-0.3, -0.25) is 4.79 Å². The summed E-state index contributed by atoms with van der Waals surface area (Å²) in [4.78, 5) is 24.7. The summed E-state index contributed by atoms with van der Waals surface area (Å²) in [5.74, 6) is 0.455. The number of carbonyl (C=O) groups is 1. The summed E-state index contributed by atoms with van der Waals surface area (Å²) in [6.45, 7) is 6.90. The second-order valence-electron chi connectivity index (χ2n) is 9.27. The van der Waals surface area contributed by atoms with Crippen LogP contribution < -0.4 is 5.63 Å². The van der Waals surface area contributed by atoms with Crippen LogP contribution >= 0.6 is 0 Å². The smallest absolute Gasteiger partial charge is 0.336 e. The van der Waals surface area contributed by atoms with Crippen LogP contribution in [0.25, 0.3) is 21.7 Å². The molecule has 0 bridgehead atoms. The number of hydrogen-bond donors (Lipinski definition) is 0. The average Bonchev–Trinajstić information content (AvgIpc) is 2.70. The van der Waals surface area contributed by atoms with Crippen LogP contribution in [0, 0.1) is 17.3 Å². The number of fused-ring (bicyclic) bond motifs is 3. The van der Waals surface area contributed by atoms with Gasteiger partial charge in [0.2, 0.25) is 0 Å². The Morgan fingerprint density at radius 3 is 2.52 bits per heavy atom. The standard InChI is InChI=1S/C25H28O4/c1-25(2,3)19-11-8-17(9-12-19)24(27)28-15-18-14-22(26)29-21-13-10-16-6-4-5-7-20(16)23(18)21/h4-7,10,13-14,17,19H,8-9,11-12,15H2,1-3H3.